The van der Waals surface area contributed by atoms with Crippen molar-refractivity contribution in [3.63, 3.8) is 0 Å². The average molecular weight is 298 g/mol. The zero-order chi connectivity index (χ0) is 15.8. The molecular formula is C20H26O2. The van der Waals surface area contributed by atoms with Crippen LogP contribution in [0.3, 0.4) is 0 Å². The molecule has 2 aromatic rings. The highest BCUT2D eigenvalue weighted by molar-refractivity contribution is 5.94. The third-order valence-electron chi connectivity index (χ3n) is 4.22. The van der Waals surface area contributed by atoms with Gasteiger partial charge in [0.1, 0.15) is 0 Å². The molecule has 22 heavy (non-hydrogen) atoms. The van der Waals surface area contributed by atoms with Crippen molar-refractivity contribution >= 4 is 16.7 Å². The zero-order valence-corrected chi connectivity index (χ0v) is 13.5. The van der Waals surface area contributed by atoms with E-state index in [4.69, 9.17) is 5.11 Å². The van der Waals surface area contributed by atoms with Crippen LogP contribution in [0.15, 0.2) is 36.4 Å². The fourth-order valence-corrected chi connectivity index (χ4v) is 2.87. The van der Waals surface area contributed by atoms with E-state index in [0.29, 0.717) is 5.56 Å². The number of carboxylic acids is 1. The van der Waals surface area contributed by atoms with Crippen LogP contribution >= 0.6 is 0 Å². The molecule has 2 aromatic carbocycles. The molecule has 2 rings (SSSR count). The predicted molar refractivity (Wildman–Crippen MR) is 92.6 cm³/mol. The number of fused-ring (bicyclic) bond motifs is 1. The monoisotopic (exact) mass is 298 g/mol. The van der Waals surface area contributed by atoms with Gasteiger partial charge in [-0.3, -0.25) is 0 Å². The van der Waals surface area contributed by atoms with Crippen LogP contribution < -0.4 is 0 Å². The summed E-state index contributed by atoms with van der Waals surface area (Å²) in [7, 11) is 0. The van der Waals surface area contributed by atoms with E-state index >= 15 is 0 Å². The van der Waals surface area contributed by atoms with Gasteiger partial charge in [-0.05, 0) is 41.3 Å². The number of carbonyl (C=O) groups is 1. The van der Waals surface area contributed by atoms with E-state index in [-0.39, 0.29) is 0 Å². The molecule has 0 aliphatic heterocycles. The third kappa shape index (κ3) is 4.87. The molecule has 0 fully saturated rings. The minimum absolute atomic E-state index is 0.354. The van der Waals surface area contributed by atoms with E-state index in [1.54, 1.807) is 12.1 Å². The van der Waals surface area contributed by atoms with E-state index in [1.165, 1.54) is 50.5 Å². The lowest BCUT2D eigenvalue weighted by Crippen LogP contribution is -1.95. The number of hydrogen-bond acceptors (Lipinski definition) is 1. The van der Waals surface area contributed by atoms with Crippen LogP contribution in [0.4, 0.5) is 0 Å². The van der Waals surface area contributed by atoms with E-state index in [2.05, 4.69) is 19.1 Å². The Morgan fingerprint density at radius 2 is 1.50 bits per heavy atom. The number of aryl methyl sites for hydroxylation is 1. The van der Waals surface area contributed by atoms with Crippen molar-refractivity contribution in [3.05, 3.63) is 47.5 Å². The molecule has 118 valence electrons. The van der Waals surface area contributed by atoms with Gasteiger partial charge >= 0.3 is 5.97 Å². The summed E-state index contributed by atoms with van der Waals surface area (Å²) in [6.07, 6.45) is 10.4. The minimum atomic E-state index is -0.867. The molecule has 0 aliphatic carbocycles. The summed E-state index contributed by atoms with van der Waals surface area (Å²) < 4.78 is 0. The average Bonchev–Trinajstić information content (AvgIpc) is 2.53. The second-order valence-corrected chi connectivity index (χ2v) is 6.07. The Bertz CT molecular complexity index is 616. The molecule has 2 heteroatoms. The summed E-state index contributed by atoms with van der Waals surface area (Å²) in [6, 6.07) is 11.7. The SMILES string of the molecule is CCCCCCCCCc1ccc2cc(C(=O)O)ccc2c1. The normalized spacial score (nSPS) is 11.0. The van der Waals surface area contributed by atoms with Crippen LogP contribution in [0.5, 0.6) is 0 Å². The van der Waals surface area contributed by atoms with Crippen molar-refractivity contribution in [1.82, 2.24) is 0 Å². The van der Waals surface area contributed by atoms with Gasteiger partial charge in [-0.25, -0.2) is 4.79 Å². The van der Waals surface area contributed by atoms with Crippen molar-refractivity contribution < 1.29 is 9.90 Å². The topological polar surface area (TPSA) is 37.3 Å². The molecule has 0 aromatic heterocycles. The Balaban J connectivity index is 1.85. The van der Waals surface area contributed by atoms with Gasteiger partial charge in [0, 0.05) is 0 Å². The first kappa shape index (κ1) is 16.5. The Hall–Kier alpha value is -1.83. The molecule has 0 radical (unpaired) electrons. The van der Waals surface area contributed by atoms with Crippen LogP contribution in [-0.2, 0) is 6.42 Å². The fourth-order valence-electron chi connectivity index (χ4n) is 2.87. The van der Waals surface area contributed by atoms with Gasteiger partial charge in [-0.1, -0.05) is 69.7 Å². The number of carboxylic acid groups (broad SMARTS) is 1. The molecule has 0 saturated heterocycles. The lowest BCUT2D eigenvalue weighted by atomic mass is 10.0. The highest BCUT2D eigenvalue weighted by atomic mass is 16.4. The molecule has 0 aliphatic rings. The maximum atomic E-state index is 11.0. The highest BCUT2D eigenvalue weighted by Crippen LogP contribution is 2.19. The number of rotatable bonds is 9. The number of benzene rings is 2. The van der Waals surface area contributed by atoms with Crippen LogP contribution in [0.2, 0.25) is 0 Å². The maximum Gasteiger partial charge on any atom is 0.335 e. The first-order chi connectivity index (χ1) is 10.7. The molecule has 0 atom stereocenters. The molecular weight excluding hydrogens is 272 g/mol. The van der Waals surface area contributed by atoms with Crippen molar-refractivity contribution in [1.29, 1.82) is 0 Å². The summed E-state index contributed by atoms with van der Waals surface area (Å²) >= 11 is 0. The third-order valence-corrected chi connectivity index (χ3v) is 4.22. The number of aromatic carboxylic acids is 1. The molecule has 0 unspecified atom stereocenters. The highest BCUT2D eigenvalue weighted by Gasteiger charge is 2.04. The molecule has 0 amide bonds. The smallest absolute Gasteiger partial charge is 0.335 e. The largest absolute Gasteiger partial charge is 0.478 e. The van der Waals surface area contributed by atoms with Gasteiger partial charge in [-0.2, -0.15) is 0 Å². The molecule has 2 nitrogen and oxygen atoms in total. The molecule has 1 N–H and O–H groups in total. The van der Waals surface area contributed by atoms with E-state index in [9.17, 15) is 4.79 Å². The van der Waals surface area contributed by atoms with Gasteiger partial charge in [0.25, 0.3) is 0 Å². The fraction of sp³-hybridized carbons (Fsp3) is 0.450. The van der Waals surface area contributed by atoms with Gasteiger partial charge in [-0.15, -0.1) is 0 Å². The Labute approximate surface area is 133 Å². The second-order valence-electron chi connectivity index (χ2n) is 6.07. The summed E-state index contributed by atoms with van der Waals surface area (Å²) in [6.45, 7) is 2.25. The zero-order valence-electron chi connectivity index (χ0n) is 13.5. The Kier molecular flexibility index (Phi) is 6.45. The van der Waals surface area contributed by atoms with Gasteiger partial charge < -0.3 is 5.11 Å². The Morgan fingerprint density at radius 3 is 2.23 bits per heavy atom. The van der Waals surface area contributed by atoms with Crippen molar-refractivity contribution in [2.75, 3.05) is 0 Å². The number of unbranched alkanes of at least 4 members (excludes halogenated alkanes) is 6. The summed E-state index contributed by atoms with van der Waals surface area (Å²) in [4.78, 5) is 11.0. The predicted octanol–water partition coefficient (Wildman–Crippen LogP) is 5.83. The lowest BCUT2D eigenvalue weighted by Gasteiger charge is -2.05. The molecule has 0 saturated carbocycles. The van der Waals surface area contributed by atoms with Crippen LogP contribution in [0.1, 0.15) is 67.8 Å². The number of hydrogen-bond donors (Lipinski definition) is 1. The van der Waals surface area contributed by atoms with Crippen molar-refractivity contribution in [2.45, 2.75) is 58.3 Å². The van der Waals surface area contributed by atoms with Crippen LogP contribution in [0, 0.1) is 0 Å². The summed E-state index contributed by atoms with van der Waals surface area (Å²) in [5.41, 5.74) is 1.71. The lowest BCUT2D eigenvalue weighted by molar-refractivity contribution is 0.0697. The standard InChI is InChI=1S/C20H26O2/c1-2-3-4-5-6-7-8-9-16-10-11-18-15-19(20(21)22)13-12-17(18)14-16/h10-15H,2-9H2,1H3,(H,21,22). The van der Waals surface area contributed by atoms with Crippen molar-refractivity contribution in [2.24, 2.45) is 0 Å². The summed E-state index contributed by atoms with van der Waals surface area (Å²) in [5.74, 6) is -0.867. The van der Waals surface area contributed by atoms with E-state index in [0.717, 1.165) is 17.2 Å². The van der Waals surface area contributed by atoms with E-state index in [1.807, 2.05) is 12.1 Å². The molecule has 0 bridgehead atoms. The second kappa shape index (κ2) is 8.57. The molecule has 0 spiro atoms. The van der Waals surface area contributed by atoms with Crippen molar-refractivity contribution in [3.8, 4) is 0 Å². The first-order valence-corrected chi connectivity index (χ1v) is 8.46. The quantitative estimate of drug-likeness (QED) is 0.591. The van der Waals surface area contributed by atoms with Gasteiger partial charge in [0.2, 0.25) is 0 Å². The van der Waals surface area contributed by atoms with Crippen LogP contribution in [0.25, 0.3) is 10.8 Å². The summed E-state index contributed by atoms with van der Waals surface area (Å²) in [5, 5.41) is 11.2. The van der Waals surface area contributed by atoms with E-state index < -0.39 is 5.97 Å². The molecule has 0 heterocycles. The first-order valence-electron chi connectivity index (χ1n) is 8.46. The Morgan fingerprint density at radius 1 is 0.864 bits per heavy atom. The minimum Gasteiger partial charge on any atom is -0.478 e. The maximum absolute atomic E-state index is 11.0. The van der Waals surface area contributed by atoms with Gasteiger partial charge in [0.15, 0.2) is 0 Å². The van der Waals surface area contributed by atoms with Crippen LogP contribution in [-0.4, -0.2) is 11.1 Å². The van der Waals surface area contributed by atoms with Gasteiger partial charge in [0.05, 0.1) is 5.56 Å².